The number of methoxy groups -OCH3 is 3. The van der Waals surface area contributed by atoms with E-state index in [1.165, 1.54) is 0 Å². The Balaban J connectivity index is 2.05. The number of carbonyl (C=O) groups excluding carboxylic acids is 1. The number of anilines is 1. The molecule has 0 aliphatic heterocycles. The van der Waals surface area contributed by atoms with Gasteiger partial charge in [-0.15, -0.1) is 0 Å². The van der Waals surface area contributed by atoms with Gasteiger partial charge in [0.15, 0.2) is 5.11 Å². The van der Waals surface area contributed by atoms with Gasteiger partial charge in [0, 0.05) is 11.6 Å². The van der Waals surface area contributed by atoms with E-state index in [1.54, 1.807) is 63.8 Å². The van der Waals surface area contributed by atoms with Gasteiger partial charge in [-0.05, 0) is 48.6 Å². The minimum Gasteiger partial charge on any atom is -0.497 e. The average molecular weight is 346 g/mol. The van der Waals surface area contributed by atoms with Crippen molar-refractivity contribution in [2.75, 3.05) is 26.6 Å². The van der Waals surface area contributed by atoms with Gasteiger partial charge in [-0.1, -0.05) is 0 Å². The summed E-state index contributed by atoms with van der Waals surface area (Å²) in [6, 6.07) is 12.0. The number of nitrogens with one attached hydrogen (secondary N) is 2. The molecule has 7 heteroatoms. The molecule has 0 bridgehead atoms. The van der Waals surface area contributed by atoms with Crippen LogP contribution < -0.4 is 24.8 Å². The van der Waals surface area contributed by atoms with Crippen LogP contribution in [-0.2, 0) is 0 Å². The van der Waals surface area contributed by atoms with E-state index in [0.717, 1.165) is 0 Å². The number of carbonyl (C=O) groups is 1. The van der Waals surface area contributed by atoms with Gasteiger partial charge < -0.3 is 19.5 Å². The molecule has 0 aromatic heterocycles. The van der Waals surface area contributed by atoms with Crippen molar-refractivity contribution in [2.24, 2.45) is 0 Å². The maximum absolute atomic E-state index is 12.2. The molecule has 0 saturated heterocycles. The molecule has 2 aromatic rings. The number of amides is 1. The van der Waals surface area contributed by atoms with Gasteiger partial charge in [-0.2, -0.15) is 0 Å². The third-order valence-corrected chi connectivity index (χ3v) is 3.44. The number of hydrogen-bond acceptors (Lipinski definition) is 5. The normalized spacial score (nSPS) is 9.79. The van der Waals surface area contributed by atoms with Crippen LogP contribution in [0.5, 0.6) is 17.2 Å². The lowest BCUT2D eigenvalue weighted by atomic mass is 10.2. The number of benzene rings is 2. The largest absolute Gasteiger partial charge is 0.497 e. The summed E-state index contributed by atoms with van der Waals surface area (Å²) in [4.78, 5) is 12.2. The topological polar surface area (TPSA) is 68.8 Å². The zero-order valence-electron chi connectivity index (χ0n) is 13.6. The first-order chi connectivity index (χ1) is 11.6. The highest BCUT2D eigenvalue weighted by atomic mass is 32.1. The summed E-state index contributed by atoms with van der Waals surface area (Å²) < 4.78 is 15.5. The summed E-state index contributed by atoms with van der Waals surface area (Å²) in [7, 11) is 4.68. The average Bonchev–Trinajstić information content (AvgIpc) is 2.61. The zero-order chi connectivity index (χ0) is 17.5. The van der Waals surface area contributed by atoms with Gasteiger partial charge in [-0.3, -0.25) is 10.1 Å². The van der Waals surface area contributed by atoms with Crippen LogP contribution in [0.1, 0.15) is 10.4 Å². The zero-order valence-corrected chi connectivity index (χ0v) is 14.4. The van der Waals surface area contributed by atoms with Crippen molar-refractivity contribution >= 4 is 28.9 Å². The van der Waals surface area contributed by atoms with Gasteiger partial charge in [0.1, 0.15) is 17.2 Å². The van der Waals surface area contributed by atoms with E-state index < -0.39 is 0 Å². The summed E-state index contributed by atoms with van der Waals surface area (Å²) in [6.45, 7) is 0. The lowest BCUT2D eigenvalue weighted by Gasteiger charge is -2.14. The fourth-order valence-electron chi connectivity index (χ4n) is 1.98. The van der Waals surface area contributed by atoms with Gasteiger partial charge in [0.25, 0.3) is 5.91 Å². The number of rotatable bonds is 5. The van der Waals surface area contributed by atoms with Gasteiger partial charge in [0.2, 0.25) is 0 Å². The van der Waals surface area contributed by atoms with E-state index in [0.29, 0.717) is 28.5 Å². The van der Waals surface area contributed by atoms with E-state index in [2.05, 4.69) is 10.6 Å². The van der Waals surface area contributed by atoms with Crippen LogP contribution in [0.4, 0.5) is 5.69 Å². The fourth-order valence-corrected chi connectivity index (χ4v) is 2.19. The predicted octanol–water partition coefficient (Wildman–Crippen LogP) is 2.84. The van der Waals surface area contributed by atoms with Crippen molar-refractivity contribution in [1.82, 2.24) is 5.32 Å². The van der Waals surface area contributed by atoms with E-state index in [4.69, 9.17) is 26.4 Å². The summed E-state index contributed by atoms with van der Waals surface area (Å²) in [5.41, 5.74) is 1.06. The van der Waals surface area contributed by atoms with Crippen molar-refractivity contribution in [3.8, 4) is 17.2 Å². The van der Waals surface area contributed by atoms with Gasteiger partial charge in [0.05, 0.1) is 27.0 Å². The van der Waals surface area contributed by atoms with Gasteiger partial charge in [-0.25, -0.2) is 0 Å². The van der Waals surface area contributed by atoms with Crippen LogP contribution in [0.2, 0.25) is 0 Å². The summed E-state index contributed by atoms with van der Waals surface area (Å²) in [6.07, 6.45) is 0. The smallest absolute Gasteiger partial charge is 0.257 e. The molecule has 0 heterocycles. The van der Waals surface area contributed by atoms with Crippen LogP contribution in [0, 0.1) is 0 Å². The first kappa shape index (κ1) is 17.6. The first-order valence-corrected chi connectivity index (χ1v) is 7.46. The molecule has 0 aliphatic carbocycles. The van der Waals surface area contributed by atoms with Crippen molar-refractivity contribution in [3.63, 3.8) is 0 Å². The Kier molecular flexibility index (Phi) is 5.97. The molecule has 0 unspecified atom stereocenters. The predicted molar refractivity (Wildman–Crippen MR) is 96.2 cm³/mol. The molecule has 2 rings (SSSR count). The number of thiocarbonyl (C=S) groups is 1. The van der Waals surface area contributed by atoms with E-state index in [-0.39, 0.29) is 11.0 Å². The Bertz CT molecular complexity index is 732. The van der Waals surface area contributed by atoms with Crippen molar-refractivity contribution in [1.29, 1.82) is 0 Å². The van der Waals surface area contributed by atoms with Gasteiger partial charge >= 0.3 is 0 Å². The Hall–Kier alpha value is -2.80. The Morgan fingerprint density at radius 3 is 2.12 bits per heavy atom. The van der Waals surface area contributed by atoms with E-state index in [1.807, 2.05) is 0 Å². The quantitative estimate of drug-likeness (QED) is 0.812. The maximum Gasteiger partial charge on any atom is 0.257 e. The molecule has 0 saturated carbocycles. The second kappa shape index (κ2) is 8.16. The maximum atomic E-state index is 12.2. The van der Waals surface area contributed by atoms with Crippen molar-refractivity contribution in [2.45, 2.75) is 0 Å². The standard InChI is InChI=1S/C17H18N2O4S/c1-21-12-6-4-11(5-7-12)16(20)19-17(24)18-14-10-13(22-2)8-9-15(14)23-3/h4-10H,1-3H3,(H2,18,19,20,24). The van der Waals surface area contributed by atoms with E-state index in [9.17, 15) is 4.79 Å². The molecule has 126 valence electrons. The van der Waals surface area contributed by atoms with Crippen LogP contribution in [-0.4, -0.2) is 32.3 Å². The highest BCUT2D eigenvalue weighted by Gasteiger charge is 2.11. The Morgan fingerprint density at radius 1 is 0.917 bits per heavy atom. The SMILES string of the molecule is COc1ccc(C(=O)NC(=S)Nc2cc(OC)ccc2OC)cc1. The number of ether oxygens (including phenoxy) is 3. The number of hydrogen-bond donors (Lipinski definition) is 2. The molecule has 24 heavy (non-hydrogen) atoms. The van der Waals surface area contributed by atoms with Crippen molar-refractivity contribution in [3.05, 3.63) is 48.0 Å². The van der Waals surface area contributed by atoms with Crippen molar-refractivity contribution < 1.29 is 19.0 Å². The molecule has 0 aliphatic rings. The monoisotopic (exact) mass is 346 g/mol. The second-order valence-electron chi connectivity index (χ2n) is 4.70. The molecular formula is C17H18N2O4S. The molecule has 6 nitrogen and oxygen atoms in total. The minimum atomic E-state index is -0.322. The molecule has 0 atom stereocenters. The molecule has 0 spiro atoms. The third-order valence-electron chi connectivity index (χ3n) is 3.23. The Morgan fingerprint density at radius 2 is 1.54 bits per heavy atom. The molecular weight excluding hydrogens is 328 g/mol. The summed E-state index contributed by atoms with van der Waals surface area (Å²) >= 11 is 5.18. The molecule has 1 amide bonds. The minimum absolute atomic E-state index is 0.155. The lowest BCUT2D eigenvalue weighted by Crippen LogP contribution is -2.34. The Labute approximate surface area is 145 Å². The first-order valence-electron chi connectivity index (χ1n) is 7.05. The highest BCUT2D eigenvalue weighted by Crippen LogP contribution is 2.28. The van der Waals surface area contributed by atoms with Crippen LogP contribution in [0.15, 0.2) is 42.5 Å². The van der Waals surface area contributed by atoms with Crippen LogP contribution in [0.3, 0.4) is 0 Å². The highest BCUT2D eigenvalue weighted by molar-refractivity contribution is 7.80. The third kappa shape index (κ3) is 4.36. The summed E-state index contributed by atoms with van der Waals surface area (Å²) in [5, 5.41) is 5.70. The summed E-state index contributed by atoms with van der Waals surface area (Å²) in [5.74, 6) is 1.57. The van der Waals surface area contributed by atoms with E-state index >= 15 is 0 Å². The lowest BCUT2D eigenvalue weighted by molar-refractivity contribution is 0.0977. The molecule has 0 fully saturated rings. The second-order valence-corrected chi connectivity index (χ2v) is 5.11. The molecule has 2 N–H and O–H groups in total. The molecule has 2 aromatic carbocycles. The van der Waals surface area contributed by atoms with Crippen LogP contribution >= 0.6 is 12.2 Å². The van der Waals surface area contributed by atoms with Crippen LogP contribution in [0.25, 0.3) is 0 Å². The molecule has 0 radical (unpaired) electrons. The fraction of sp³-hybridized carbons (Fsp3) is 0.176.